The molecule has 7 rings (SSSR count). The first-order valence-electron chi connectivity index (χ1n) is 19.4. The van der Waals surface area contributed by atoms with Gasteiger partial charge < -0.3 is 19.9 Å². The minimum Gasteiger partial charge on any atom is -0.386 e. The van der Waals surface area contributed by atoms with Gasteiger partial charge in [0.15, 0.2) is 11.6 Å². The van der Waals surface area contributed by atoms with Crippen molar-refractivity contribution in [2.45, 2.75) is 114 Å². The minimum absolute atomic E-state index is 0.107. The van der Waals surface area contributed by atoms with E-state index in [9.17, 15) is 5.11 Å². The number of Topliss-reactive ketones (excluding diaryl/α,β-unsaturated/α-hetero) is 1. The summed E-state index contributed by atoms with van der Waals surface area (Å²) in [6, 6.07) is 26.6. The second-order valence-corrected chi connectivity index (χ2v) is 18.5. The van der Waals surface area contributed by atoms with Gasteiger partial charge in [0, 0.05) is 29.1 Å². The molecule has 1 amide bonds. The van der Waals surface area contributed by atoms with Gasteiger partial charge in [-0.05, 0) is 92.0 Å². The van der Waals surface area contributed by atoms with Crippen LogP contribution in [0.3, 0.4) is 0 Å². The molecule has 1 spiro atoms. The molecule has 3 heterocycles. The minimum atomic E-state index is -1.51. The molecule has 3 aliphatic heterocycles. The third-order valence-electron chi connectivity index (χ3n) is 11.7. The average molecular weight is 802 g/mol. The maximum Gasteiger partial charge on any atom is 0.237 e. The Labute approximate surface area is 339 Å². The Morgan fingerprint density at radius 2 is 1.62 bits per heavy atom. The molecule has 10 heteroatoms. The molecule has 2 fully saturated rings. The zero-order valence-electron chi connectivity index (χ0n) is 32.8. The van der Waals surface area contributed by atoms with Crippen LogP contribution in [0.4, 0.5) is 10.1 Å². The zero-order chi connectivity index (χ0) is 40.2. The number of ether oxygens (including phenoxy) is 2. The quantitative estimate of drug-likeness (QED) is 0.157. The number of ketones is 1. The largest absolute Gasteiger partial charge is 0.386 e. The van der Waals surface area contributed by atoms with Gasteiger partial charge in [-0.25, -0.2) is 4.39 Å². The molecule has 0 saturated carbocycles. The van der Waals surface area contributed by atoms with Crippen molar-refractivity contribution < 1.29 is 28.6 Å². The fourth-order valence-electron chi connectivity index (χ4n) is 9.63. The summed E-state index contributed by atoms with van der Waals surface area (Å²) in [5.41, 5.74) is 0.420. The molecule has 0 bridgehead atoms. The van der Waals surface area contributed by atoms with Crippen molar-refractivity contribution in [2.75, 3.05) is 11.9 Å². The normalized spacial score (nSPS) is 27.0. The maximum atomic E-state index is 15.9. The van der Waals surface area contributed by atoms with Gasteiger partial charge >= 0.3 is 0 Å². The smallest absolute Gasteiger partial charge is 0.237 e. The van der Waals surface area contributed by atoms with E-state index < -0.39 is 58.2 Å². The predicted molar refractivity (Wildman–Crippen MR) is 218 cm³/mol. The second kappa shape index (κ2) is 15.3. The van der Waals surface area contributed by atoms with Crippen LogP contribution in [0.15, 0.2) is 97.1 Å². The number of anilines is 1. The van der Waals surface area contributed by atoms with Crippen LogP contribution in [0.5, 0.6) is 0 Å². The number of likely N-dealkylation sites (tertiary alicyclic amines) is 1. The van der Waals surface area contributed by atoms with Crippen LogP contribution in [0.1, 0.15) is 108 Å². The first kappa shape index (κ1) is 40.6. The molecule has 296 valence electrons. The van der Waals surface area contributed by atoms with Crippen molar-refractivity contribution in [3.8, 4) is 0 Å². The second-order valence-electron chi connectivity index (χ2n) is 17.6. The molecular weight excluding hydrogens is 750 g/mol. The first-order chi connectivity index (χ1) is 26.4. The summed E-state index contributed by atoms with van der Waals surface area (Å²) in [5, 5.41) is 16.1. The van der Waals surface area contributed by atoms with Crippen molar-refractivity contribution in [1.29, 1.82) is 0 Å². The van der Waals surface area contributed by atoms with Crippen LogP contribution < -0.4 is 5.32 Å². The zero-order valence-corrected chi connectivity index (χ0v) is 34.3. The number of fused-ring (bicyclic) bond motifs is 2. The lowest BCUT2D eigenvalue weighted by Crippen LogP contribution is -2.52. The molecule has 4 aromatic rings. The van der Waals surface area contributed by atoms with E-state index in [4.69, 9.17) is 32.7 Å². The molecule has 0 aliphatic carbocycles. The lowest BCUT2D eigenvalue weighted by molar-refractivity contribution is -0.158. The van der Waals surface area contributed by atoms with Crippen LogP contribution in [0, 0.1) is 11.2 Å². The lowest BCUT2D eigenvalue weighted by atomic mass is 9.62. The Bertz CT molecular complexity index is 2090. The van der Waals surface area contributed by atoms with Crippen molar-refractivity contribution in [3.05, 3.63) is 135 Å². The molecule has 4 aromatic carbocycles. The summed E-state index contributed by atoms with van der Waals surface area (Å²) in [7, 11) is 0. The Balaban J connectivity index is 1.50. The van der Waals surface area contributed by atoms with Gasteiger partial charge in [0.1, 0.15) is 11.2 Å². The lowest BCUT2D eigenvalue weighted by Gasteiger charge is -2.44. The van der Waals surface area contributed by atoms with Crippen molar-refractivity contribution in [3.63, 3.8) is 0 Å². The average Bonchev–Trinajstić information content (AvgIpc) is 3.70. The summed E-state index contributed by atoms with van der Waals surface area (Å²) in [4.78, 5) is 33.0. The number of nitrogens with zero attached hydrogens (tertiary/aromatic N) is 1. The summed E-state index contributed by atoms with van der Waals surface area (Å²) in [6.07, 6.45) is 0.497. The van der Waals surface area contributed by atoms with E-state index in [0.717, 1.165) is 5.56 Å². The number of hydrogen-bond donors (Lipinski definition) is 2. The van der Waals surface area contributed by atoms with Gasteiger partial charge in [-0.15, -0.1) is 0 Å². The van der Waals surface area contributed by atoms with Gasteiger partial charge in [-0.3, -0.25) is 14.5 Å². The number of carbonyl (C=O) groups is 2. The molecule has 7 nitrogen and oxygen atoms in total. The highest BCUT2D eigenvalue weighted by molar-refractivity contribution is 6.31. The standard InChI is InChI=1S/C46H51Cl2FN2O5/c1-43(2,3)26-37-46(32-24-34(49)33(48)25-35(32)50-42(46)54)38(30-19-13-20-31(47)23-30)40(36(52)21-14-22-45(6)27-55-44(4,5)56-45)51(37)39(28-15-9-7-10-16-28)41(53)29-17-11-8-12-18-29/h7-13,15-20,23-25,37-41,53H,14,21-22,26-27H2,1-6H3,(H,50,54)/t37-,38?,39-,40+,41+,45+,46+/m1/s1. The highest BCUT2D eigenvalue weighted by Gasteiger charge is 2.70. The van der Waals surface area contributed by atoms with Crippen molar-refractivity contribution in [1.82, 2.24) is 4.90 Å². The maximum absolute atomic E-state index is 15.9. The van der Waals surface area contributed by atoms with Gasteiger partial charge in [0.05, 0.1) is 35.4 Å². The van der Waals surface area contributed by atoms with Crippen molar-refractivity contribution >= 4 is 40.6 Å². The highest BCUT2D eigenvalue weighted by atomic mass is 35.5. The SMILES string of the molecule is CC(C)(C)C[C@H]1N([C@H](c2ccccc2)[C@@H](O)c2ccccc2)[C@@H](C(=O)CCC[C@@]2(C)COC(C)(C)O2)C(c2cccc(Cl)c2)[C@@]12C(=O)Nc1cc(Cl)c(F)cc12. The highest BCUT2D eigenvalue weighted by Crippen LogP contribution is 2.63. The number of amides is 1. The number of carbonyl (C=O) groups excluding carboxylic acids is 2. The van der Waals surface area contributed by atoms with Gasteiger partial charge in [0.25, 0.3) is 0 Å². The molecule has 0 aromatic heterocycles. The molecule has 3 aliphatic rings. The Morgan fingerprint density at radius 1 is 0.964 bits per heavy atom. The number of nitrogens with one attached hydrogen (secondary N) is 1. The van der Waals surface area contributed by atoms with Gasteiger partial charge in [0.2, 0.25) is 5.91 Å². The third-order valence-corrected chi connectivity index (χ3v) is 12.3. The number of aliphatic hydroxyl groups excluding tert-OH is 1. The fourth-order valence-corrected chi connectivity index (χ4v) is 10.00. The van der Waals surface area contributed by atoms with E-state index in [1.54, 1.807) is 12.1 Å². The number of hydrogen-bond acceptors (Lipinski definition) is 6. The monoisotopic (exact) mass is 800 g/mol. The van der Waals surface area contributed by atoms with E-state index in [2.05, 4.69) is 31.0 Å². The van der Waals surface area contributed by atoms with Crippen molar-refractivity contribution in [2.24, 2.45) is 5.41 Å². The van der Waals surface area contributed by atoms with Crippen LogP contribution in [0.25, 0.3) is 0 Å². The fraction of sp³-hybridized carbons (Fsp3) is 0.435. The van der Waals surface area contributed by atoms with Gasteiger partial charge in [-0.2, -0.15) is 0 Å². The summed E-state index contributed by atoms with van der Waals surface area (Å²) >= 11 is 13.1. The van der Waals surface area contributed by atoms with E-state index in [0.29, 0.717) is 53.3 Å². The molecule has 7 atom stereocenters. The summed E-state index contributed by atoms with van der Waals surface area (Å²) in [5.74, 6) is -2.72. The Hall–Kier alpha value is -3.63. The van der Waals surface area contributed by atoms with Crippen LogP contribution in [-0.2, 0) is 24.5 Å². The van der Waals surface area contributed by atoms with Gasteiger partial charge in [-0.1, -0.05) is 117 Å². The molecule has 1 unspecified atom stereocenters. The third kappa shape index (κ3) is 7.57. The number of rotatable bonds is 11. The van der Waals surface area contributed by atoms with E-state index >= 15 is 14.0 Å². The molecule has 56 heavy (non-hydrogen) atoms. The first-order valence-corrected chi connectivity index (χ1v) is 20.2. The molecular formula is C46H51Cl2FN2O5. The van der Waals surface area contributed by atoms with E-state index in [-0.39, 0.29) is 23.1 Å². The summed E-state index contributed by atoms with van der Waals surface area (Å²) in [6.45, 7) is 12.4. The van der Waals surface area contributed by atoms with E-state index in [1.807, 2.05) is 93.6 Å². The van der Waals surface area contributed by atoms with Crippen LogP contribution >= 0.6 is 23.2 Å². The number of halogens is 3. The topological polar surface area (TPSA) is 88.1 Å². The Kier molecular flexibility index (Phi) is 11.1. The number of benzene rings is 4. The molecule has 2 saturated heterocycles. The van der Waals surface area contributed by atoms with Crippen LogP contribution in [-0.4, -0.2) is 51.8 Å². The summed E-state index contributed by atoms with van der Waals surface area (Å²) < 4.78 is 28.1. The van der Waals surface area contributed by atoms with E-state index in [1.165, 1.54) is 12.1 Å². The Morgan fingerprint density at radius 3 is 2.23 bits per heavy atom. The van der Waals surface area contributed by atoms with Crippen LogP contribution in [0.2, 0.25) is 10.0 Å². The predicted octanol–water partition coefficient (Wildman–Crippen LogP) is 10.4. The molecule has 2 N–H and O–H groups in total. The molecule has 0 radical (unpaired) electrons. The number of aliphatic hydroxyl groups is 1.